The summed E-state index contributed by atoms with van der Waals surface area (Å²) in [7, 11) is -4.16. The molecule has 6 rings (SSSR count). The summed E-state index contributed by atoms with van der Waals surface area (Å²) in [5.41, 5.74) is -1.54. The lowest BCUT2D eigenvalue weighted by atomic mass is 10.0. The van der Waals surface area contributed by atoms with Crippen LogP contribution < -0.4 is 20.7 Å². The van der Waals surface area contributed by atoms with Gasteiger partial charge in [-0.15, -0.1) is 0 Å². The van der Waals surface area contributed by atoms with Crippen LogP contribution in [0.2, 0.25) is 0 Å². The Hall–Kier alpha value is -4.26. The zero-order valence-electron chi connectivity index (χ0n) is 33.8. The molecule has 0 aromatic heterocycles. The molecule has 1 unspecified atom stereocenters. The van der Waals surface area contributed by atoms with E-state index in [1.807, 2.05) is 42.5 Å². The number of hydrogen-bond donors (Lipinski definition) is 4. The first-order chi connectivity index (χ1) is 27.6. The number of carbonyl (C=O) groups excluding carboxylic acids is 5. The van der Waals surface area contributed by atoms with Crippen molar-refractivity contribution < 1.29 is 46.6 Å². The first-order valence-electron chi connectivity index (χ1n) is 20.6. The molecule has 1 aliphatic carbocycles. The van der Waals surface area contributed by atoms with Crippen molar-refractivity contribution in [3.8, 4) is 0 Å². The van der Waals surface area contributed by atoms with Crippen LogP contribution in [-0.2, 0) is 38.8 Å². The molecule has 0 bridgehead atoms. The molecule has 0 radical (unpaired) electrons. The molecule has 4 fully saturated rings. The number of alkyl carbamates (subject to hydrolysis) is 2. The fourth-order valence-corrected chi connectivity index (χ4v) is 9.39. The van der Waals surface area contributed by atoms with Crippen LogP contribution in [0.3, 0.4) is 0 Å². The first-order valence-corrected chi connectivity index (χ1v) is 22.0. The highest BCUT2D eigenvalue weighted by Gasteiger charge is 2.62. The standard InChI is InChI=1S/C40H59N7O10S/c1-39(2,3)57-38(52)41-31-17-11-6-4-5-10-16-29-25-40(29,36(50)44-58(53,54)46-18-12-13-19-46)43-34(48)33-24-30(26-47(33)35(31)49)56-37(51)42-32(28-14-8-7-9-15-28)27-45-20-22-55-23-21-45/h7-10,14-16,29-33H,4-6,11-13,17-27H2,1-3H3,(H,41,52)(H,42,51)(H,43,48)(H,44,50)/b16-10-/t29-,30-,31+,32-,33?,40-/m1/s1. The van der Waals surface area contributed by atoms with Crippen molar-refractivity contribution in [2.45, 2.75) is 114 Å². The minimum absolute atomic E-state index is 0.103. The van der Waals surface area contributed by atoms with Gasteiger partial charge in [0.2, 0.25) is 11.8 Å². The van der Waals surface area contributed by atoms with Crippen molar-refractivity contribution in [1.82, 2.24) is 34.8 Å². The number of amides is 5. The normalized spacial score (nSPS) is 28.7. The number of morpholine rings is 1. The Labute approximate surface area is 341 Å². The van der Waals surface area contributed by atoms with Crippen molar-refractivity contribution in [2.75, 3.05) is 52.5 Å². The fraction of sp³-hybridized carbons (Fsp3) is 0.675. The lowest BCUT2D eigenvalue weighted by Gasteiger charge is -2.31. The predicted molar refractivity (Wildman–Crippen MR) is 212 cm³/mol. The number of fused-ring (bicyclic) bond motifs is 2. The quantitative estimate of drug-likeness (QED) is 0.266. The summed E-state index contributed by atoms with van der Waals surface area (Å²) in [6.45, 7) is 8.63. The Balaban J connectivity index is 1.24. The molecule has 5 aliphatic rings. The maximum atomic E-state index is 14.5. The zero-order chi connectivity index (χ0) is 41.5. The highest BCUT2D eigenvalue weighted by atomic mass is 32.2. The van der Waals surface area contributed by atoms with Gasteiger partial charge < -0.3 is 35.1 Å². The average molecular weight is 830 g/mol. The van der Waals surface area contributed by atoms with Crippen LogP contribution in [-0.4, -0.2) is 134 Å². The fourth-order valence-electron chi connectivity index (χ4n) is 8.11. The molecule has 6 atom stereocenters. The van der Waals surface area contributed by atoms with Crippen molar-refractivity contribution in [3.63, 3.8) is 0 Å². The smallest absolute Gasteiger partial charge is 0.408 e. The van der Waals surface area contributed by atoms with E-state index in [-0.39, 0.29) is 38.9 Å². The Morgan fingerprint density at radius 1 is 0.983 bits per heavy atom. The molecule has 1 aromatic carbocycles. The highest BCUT2D eigenvalue weighted by Crippen LogP contribution is 2.46. The molecule has 18 heteroatoms. The first kappa shape index (κ1) is 43.3. The van der Waals surface area contributed by atoms with Crippen LogP contribution in [0.25, 0.3) is 0 Å². The van der Waals surface area contributed by atoms with E-state index in [9.17, 15) is 32.4 Å². The van der Waals surface area contributed by atoms with Gasteiger partial charge in [0.25, 0.3) is 5.91 Å². The number of rotatable bonds is 9. The van der Waals surface area contributed by atoms with Gasteiger partial charge in [0.05, 0.1) is 25.8 Å². The number of nitrogens with zero attached hydrogens (tertiary/aromatic N) is 3. The second-order valence-corrected chi connectivity index (χ2v) is 18.5. The highest BCUT2D eigenvalue weighted by molar-refractivity contribution is 7.87. The van der Waals surface area contributed by atoms with Crippen LogP contribution in [0.15, 0.2) is 42.5 Å². The van der Waals surface area contributed by atoms with Gasteiger partial charge in [-0.25, -0.2) is 14.3 Å². The van der Waals surface area contributed by atoms with Crippen LogP contribution in [0.1, 0.15) is 90.2 Å². The number of carbonyl (C=O) groups is 5. The molecule has 4 N–H and O–H groups in total. The summed E-state index contributed by atoms with van der Waals surface area (Å²) in [6, 6.07) is 6.78. The number of ether oxygens (including phenoxy) is 3. The van der Waals surface area contributed by atoms with Gasteiger partial charge in [0.15, 0.2) is 0 Å². The monoisotopic (exact) mass is 829 g/mol. The van der Waals surface area contributed by atoms with Gasteiger partial charge in [-0.05, 0) is 64.9 Å². The summed E-state index contributed by atoms with van der Waals surface area (Å²) in [4.78, 5) is 73.0. The molecule has 17 nitrogen and oxygen atoms in total. The average Bonchev–Trinajstić information content (AvgIpc) is 3.47. The van der Waals surface area contributed by atoms with Crippen LogP contribution in [0, 0.1) is 5.92 Å². The van der Waals surface area contributed by atoms with E-state index in [2.05, 4.69) is 25.6 Å². The number of hydrogen-bond acceptors (Lipinski definition) is 11. The number of nitrogens with one attached hydrogen (secondary N) is 4. The van der Waals surface area contributed by atoms with Crippen molar-refractivity contribution in [3.05, 3.63) is 48.0 Å². The molecule has 3 saturated heterocycles. The minimum Gasteiger partial charge on any atom is -0.444 e. The van der Waals surface area contributed by atoms with Gasteiger partial charge in [-0.1, -0.05) is 55.3 Å². The predicted octanol–water partition coefficient (Wildman–Crippen LogP) is 2.50. The molecule has 0 spiro atoms. The third-order valence-corrected chi connectivity index (χ3v) is 12.8. The molecular weight excluding hydrogens is 771 g/mol. The SMILES string of the molecule is CC(C)(C)OC(=O)N[C@H]1CCCCC/C=C\[C@@H]2C[C@@]2(C(=O)NS(=O)(=O)N2CCCC2)NC(=O)C2C[C@@H](OC(=O)N[C@H](CN3CCOCC3)c3ccccc3)CN2C1=O. The maximum absolute atomic E-state index is 14.5. The molecule has 4 aliphatic heterocycles. The summed E-state index contributed by atoms with van der Waals surface area (Å²) in [5.74, 6) is -2.61. The van der Waals surface area contributed by atoms with Crippen LogP contribution in [0.4, 0.5) is 9.59 Å². The van der Waals surface area contributed by atoms with E-state index in [0.717, 1.165) is 18.4 Å². The summed E-state index contributed by atoms with van der Waals surface area (Å²) >= 11 is 0. The molecule has 5 amide bonds. The van der Waals surface area contributed by atoms with Crippen LogP contribution in [0.5, 0.6) is 0 Å². The van der Waals surface area contributed by atoms with E-state index in [1.165, 1.54) is 9.21 Å². The summed E-state index contributed by atoms with van der Waals surface area (Å²) in [5, 5.41) is 8.54. The van der Waals surface area contributed by atoms with Crippen molar-refractivity contribution >= 4 is 40.1 Å². The third-order valence-electron chi connectivity index (χ3n) is 11.3. The molecule has 4 heterocycles. The van der Waals surface area contributed by atoms with Crippen molar-refractivity contribution in [1.29, 1.82) is 0 Å². The number of allylic oxidation sites excluding steroid dienone is 1. The third kappa shape index (κ3) is 11.3. The zero-order valence-corrected chi connectivity index (χ0v) is 34.6. The van der Waals surface area contributed by atoms with Crippen LogP contribution >= 0.6 is 0 Å². The lowest BCUT2D eigenvalue weighted by Crippen LogP contribution is -2.59. The van der Waals surface area contributed by atoms with Gasteiger partial charge in [-0.3, -0.25) is 19.3 Å². The van der Waals surface area contributed by atoms with E-state index < -0.39 is 81.4 Å². The Morgan fingerprint density at radius 3 is 2.41 bits per heavy atom. The summed E-state index contributed by atoms with van der Waals surface area (Å²) in [6.07, 6.45) is 5.73. The Morgan fingerprint density at radius 2 is 1.71 bits per heavy atom. The topological polar surface area (TPSA) is 205 Å². The van der Waals surface area contributed by atoms with Gasteiger partial charge >= 0.3 is 22.4 Å². The van der Waals surface area contributed by atoms with Gasteiger partial charge in [0, 0.05) is 45.1 Å². The molecule has 320 valence electrons. The second kappa shape index (κ2) is 18.8. The lowest BCUT2D eigenvalue weighted by molar-refractivity contribution is -0.141. The molecule has 1 aromatic rings. The van der Waals surface area contributed by atoms with E-state index in [4.69, 9.17) is 14.2 Å². The van der Waals surface area contributed by atoms with Gasteiger partial charge in [0.1, 0.15) is 29.3 Å². The molecular formula is C40H59N7O10S. The maximum Gasteiger partial charge on any atom is 0.408 e. The molecule has 1 saturated carbocycles. The van der Waals surface area contributed by atoms with E-state index in [1.54, 1.807) is 20.8 Å². The second-order valence-electron chi connectivity index (χ2n) is 16.9. The Kier molecular flexibility index (Phi) is 14.0. The summed E-state index contributed by atoms with van der Waals surface area (Å²) < 4.78 is 46.8. The molecule has 58 heavy (non-hydrogen) atoms. The van der Waals surface area contributed by atoms with Crippen molar-refractivity contribution in [2.24, 2.45) is 5.92 Å². The van der Waals surface area contributed by atoms with E-state index in [0.29, 0.717) is 58.5 Å². The van der Waals surface area contributed by atoms with Gasteiger partial charge in [-0.2, -0.15) is 12.7 Å². The number of benzene rings is 1. The largest absolute Gasteiger partial charge is 0.444 e. The minimum atomic E-state index is -4.16. The van der Waals surface area contributed by atoms with E-state index >= 15 is 0 Å². The Bertz CT molecular complexity index is 1780.